The summed E-state index contributed by atoms with van der Waals surface area (Å²) in [5.74, 6) is -2.67. The highest BCUT2D eigenvalue weighted by Gasteiger charge is 2.17. The molecule has 0 fully saturated rings. The van der Waals surface area contributed by atoms with Gasteiger partial charge in [0.15, 0.2) is 5.16 Å². The molecular formula is C19H19F2N3O2S3. The molecule has 0 aliphatic carbocycles. The molecule has 0 saturated carbocycles. The number of carbonyl (C=O) groups excluding carboxylic acids is 1. The fourth-order valence-electron chi connectivity index (χ4n) is 2.74. The smallest absolute Gasteiger partial charge is 0.288 e. The molecule has 3 rings (SSSR count). The third kappa shape index (κ3) is 4.99. The number of aromatic nitrogens is 2. The van der Waals surface area contributed by atoms with Crippen LogP contribution < -0.4 is 10.9 Å². The zero-order chi connectivity index (χ0) is 21.1. The van der Waals surface area contributed by atoms with E-state index in [-0.39, 0.29) is 17.2 Å². The molecule has 0 saturated heterocycles. The largest absolute Gasteiger partial charge is 0.325 e. The number of nitrogens with zero attached hydrogens (tertiary/aromatic N) is 2. The molecule has 0 spiro atoms. The molecule has 3 aromatic rings. The van der Waals surface area contributed by atoms with Crippen molar-refractivity contribution >= 4 is 56.7 Å². The van der Waals surface area contributed by atoms with Gasteiger partial charge in [0.25, 0.3) is 11.3 Å². The van der Waals surface area contributed by atoms with Crippen molar-refractivity contribution in [3.8, 4) is 0 Å². The molecule has 0 unspecified atom stereocenters. The van der Waals surface area contributed by atoms with Gasteiger partial charge >= 0.3 is 0 Å². The normalized spacial score (nSPS) is 11.4. The molecule has 1 N–H and O–H groups in total. The van der Waals surface area contributed by atoms with E-state index in [1.807, 2.05) is 20.8 Å². The minimum absolute atomic E-state index is 0.0782. The summed E-state index contributed by atoms with van der Waals surface area (Å²) >= 11 is 3.13. The number of amides is 1. The van der Waals surface area contributed by atoms with Crippen LogP contribution >= 0.6 is 34.9 Å². The first-order chi connectivity index (χ1) is 13.8. The summed E-state index contributed by atoms with van der Waals surface area (Å²) in [4.78, 5) is 31.9. The minimum Gasteiger partial charge on any atom is -0.325 e. The van der Waals surface area contributed by atoms with Gasteiger partial charge in [-0.3, -0.25) is 14.2 Å². The number of rotatable bonds is 7. The molecule has 2 heterocycles. The number of carbonyl (C=O) groups is 1. The second-order valence-corrected chi connectivity index (χ2v) is 9.36. The summed E-state index contributed by atoms with van der Waals surface area (Å²) in [6.07, 6.45) is 0. The lowest BCUT2D eigenvalue weighted by Crippen LogP contribution is -2.23. The summed E-state index contributed by atoms with van der Waals surface area (Å²) in [7, 11) is 0. The maximum atomic E-state index is 12.8. The quantitative estimate of drug-likeness (QED) is 0.395. The lowest BCUT2D eigenvalue weighted by molar-refractivity contribution is -0.113. The van der Waals surface area contributed by atoms with E-state index in [0.29, 0.717) is 44.3 Å². The number of anilines is 1. The number of aryl methyl sites for hydroxylation is 2. The van der Waals surface area contributed by atoms with Crippen LogP contribution in [0.15, 0.2) is 39.1 Å². The Balaban J connectivity index is 1.71. The Hall–Kier alpha value is -1.91. The van der Waals surface area contributed by atoms with Gasteiger partial charge in [-0.05, 0) is 50.6 Å². The maximum absolute atomic E-state index is 12.8. The summed E-state index contributed by atoms with van der Waals surface area (Å²) in [5, 5.41) is 3.87. The molecule has 0 bridgehead atoms. The Bertz CT molecular complexity index is 1090. The topological polar surface area (TPSA) is 64.0 Å². The van der Waals surface area contributed by atoms with E-state index < -0.39 is 5.76 Å². The van der Waals surface area contributed by atoms with E-state index in [1.54, 1.807) is 16.7 Å². The first kappa shape index (κ1) is 21.8. The lowest BCUT2D eigenvalue weighted by Gasteiger charge is -2.10. The highest BCUT2D eigenvalue weighted by molar-refractivity contribution is 8.00. The SMILES string of the molecule is CCn1c(SCC(=O)Nc2ccc(SC(F)F)cc2)nc2sc(C)c(C)c2c1=O. The Kier molecular flexibility index (Phi) is 6.97. The number of nitrogens with one attached hydrogen (secondary N) is 1. The van der Waals surface area contributed by atoms with Crippen molar-refractivity contribution in [3.05, 3.63) is 45.1 Å². The van der Waals surface area contributed by atoms with Crippen molar-refractivity contribution in [2.24, 2.45) is 0 Å². The van der Waals surface area contributed by atoms with Crippen LogP contribution in [0.3, 0.4) is 0 Å². The number of hydrogen-bond acceptors (Lipinski definition) is 6. The van der Waals surface area contributed by atoms with Crippen molar-refractivity contribution in [1.82, 2.24) is 9.55 Å². The number of fused-ring (bicyclic) bond motifs is 1. The molecule has 1 amide bonds. The zero-order valence-electron chi connectivity index (χ0n) is 16.0. The summed E-state index contributed by atoms with van der Waals surface area (Å²) < 4.78 is 26.3. The Morgan fingerprint density at radius 3 is 2.59 bits per heavy atom. The number of benzene rings is 1. The van der Waals surface area contributed by atoms with Gasteiger partial charge < -0.3 is 5.32 Å². The van der Waals surface area contributed by atoms with E-state index in [4.69, 9.17) is 0 Å². The first-order valence-corrected chi connectivity index (χ1v) is 11.5. The van der Waals surface area contributed by atoms with Crippen LogP contribution in [-0.4, -0.2) is 27.0 Å². The van der Waals surface area contributed by atoms with Crippen LogP contribution in [-0.2, 0) is 11.3 Å². The highest BCUT2D eigenvalue weighted by atomic mass is 32.2. The standard InChI is InChI=1S/C19H19F2N3O2S3/c1-4-24-17(26)15-10(2)11(3)28-16(15)23-19(24)27-9-14(25)22-12-5-7-13(8-6-12)29-18(20)21/h5-8,18H,4,9H2,1-3H3,(H,22,25). The predicted molar refractivity (Wildman–Crippen MR) is 117 cm³/mol. The van der Waals surface area contributed by atoms with Gasteiger partial charge in [-0.15, -0.1) is 11.3 Å². The maximum Gasteiger partial charge on any atom is 0.288 e. The molecule has 5 nitrogen and oxygen atoms in total. The molecule has 0 aliphatic rings. The van der Waals surface area contributed by atoms with E-state index >= 15 is 0 Å². The number of hydrogen-bond donors (Lipinski definition) is 1. The highest BCUT2D eigenvalue weighted by Crippen LogP contribution is 2.29. The third-order valence-electron chi connectivity index (χ3n) is 4.27. The molecule has 154 valence electrons. The average molecular weight is 456 g/mol. The van der Waals surface area contributed by atoms with Crippen molar-refractivity contribution in [1.29, 1.82) is 0 Å². The fraction of sp³-hybridized carbons (Fsp3) is 0.316. The Morgan fingerprint density at radius 2 is 1.97 bits per heavy atom. The molecule has 0 radical (unpaired) electrons. The molecule has 2 aromatic heterocycles. The van der Waals surface area contributed by atoms with Crippen molar-refractivity contribution in [2.45, 2.75) is 43.1 Å². The van der Waals surface area contributed by atoms with Gasteiger partial charge in [-0.2, -0.15) is 8.78 Å². The second-order valence-electron chi connectivity index (χ2n) is 6.15. The number of halogens is 2. The van der Waals surface area contributed by atoms with Crippen LogP contribution in [0.5, 0.6) is 0 Å². The van der Waals surface area contributed by atoms with Gasteiger partial charge in [-0.1, -0.05) is 23.5 Å². The van der Waals surface area contributed by atoms with E-state index in [2.05, 4.69) is 10.3 Å². The lowest BCUT2D eigenvalue weighted by atomic mass is 10.2. The van der Waals surface area contributed by atoms with E-state index in [0.717, 1.165) is 10.4 Å². The van der Waals surface area contributed by atoms with Crippen LogP contribution in [0.4, 0.5) is 14.5 Å². The molecule has 0 aliphatic heterocycles. The summed E-state index contributed by atoms with van der Waals surface area (Å²) in [5.41, 5.74) is 1.39. The average Bonchev–Trinajstić information content (AvgIpc) is 2.95. The monoisotopic (exact) mass is 455 g/mol. The van der Waals surface area contributed by atoms with Gasteiger partial charge in [0, 0.05) is 22.0 Å². The summed E-state index contributed by atoms with van der Waals surface area (Å²) in [6, 6.07) is 6.23. The number of alkyl halides is 2. The van der Waals surface area contributed by atoms with Crippen LogP contribution in [0.2, 0.25) is 0 Å². The molecule has 1 aromatic carbocycles. The Morgan fingerprint density at radius 1 is 1.28 bits per heavy atom. The van der Waals surface area contributed by atoms with E-state index in [1.165, 1.54) is 35.2 Å². The minimum atomic E-state index is -2.48. The predicted octanol–water partition coefficient (Wildman–Crippen LogP) is 5.14. The van der Waals surface area contributed by atoms with Crippen molar-refractivity contribution in [2.75, 3.05) is 11.1 Å². The summed E-state index contributed by atoms with van der Waals surface area (Å²) in [6.45, 7) is 6.21. The molecule has 0 atom stereocenters. The van der Waals surface area contributed by atoms with Gasteiger partial charge in [0.1, 0.15) is 4.83 Å². The number of thiophene rings is 1. The third-order valence-corrected chi connectivity index (χ3v) is 7.07. The number of thioether (sulfide) groups is 2. The molecule has 10 heteroatoms. The van der Waals surface area contributed by atoms with Crippen molar-refractivity contribution < 1.29 is 13.6 Å². The zero-order valence-corrected chi connectivity index (χ0v) is 18.4. The van der Waals surface area contributed by atoms with Crippen LogP contribution in [0.25, 0.3) is 10.2 Å². The van der Waals surface area contributed by atoms with Gasteiger partial charge in [0.2, 0.25) is 5.91 Å². The van der Waals surface area contributed by atoms with Crippen LogP contribution in [0.1, 0.15) is 17.4 Å². The Labute approximate surface area is 178 Å². The second kappa shape index (κ2) is 9.27. The fourth-order valence-corrected chi connectivity index (χ4v) is 5.18. The van der Waals surface area contributed by atoms with Gasteiger partial charge in [0.05, 0.1) is 11.1 Å². The van der Waals surface area contributed by atoms with Crippen LogP contribution in [0, 0.1) is 13.8 Å². The first-order valence-electron chi connectivity index (χ1n) is 8.78. The van der Waals surface area contributed by atoms with E-state index in [9.17, 15) is 18.4 Å². The molecular weight excluding hydrogens is 436 g/mol. The van der Waals surface area contributed by atoms with Crippen molar-refractivity contribution in [3.63, 3.8) is 0 Å². The molecule has 29 heavy (non-hydrogen) atoms. The van der Waals surface area contributed by atoms with Gasteiger partial charge in [-0.25, -0.2) is 4.98 Å².